The summed E-state index contributed by atoms with van der Waals surface area (Å²) in [5.41, 5.74) is 6.45. The van der Waals surface area contributed by atoms with Crippen LogP contribution in [0, 0.1) is 10.1 Å². The Bertz CT molecular complexity index is 1440. The number of benzene rings is 1. The van der Waals surface area contributed by atoms with E-state index in [4.69, 9.17) is 20.0 Å². The number of anilines is 1. The zero-order valence-corrected chi connectivity index (χ0v) is 24.6. The summed E-state index contributed by atoms with van der Waals surface area (Å²) in [5.74, 6) is -1.74. The average Bonchev–Trinajstić information content (AvgIpc) is 3.44. The number of oxime groups is 1. The van der Waals surface area contributed by atoms with Crippen molar-refractivity contribution < 1.29 is 38.4 Å². The van der Waals surface area contributed by atoms with E-state index < -0.39 is 40.1 Å². The number of thioether (sulfide) groups is 1. The maximum absolute atomic E-state index is 12.9. The molecule has 43 heavy (non-hydrogen) atoms. The van der Waals surface area contributed by atoms with Gasteiger partial charge in [-0.15, -0.1) is 23.1 Å². The Balaban J connectivity index is 1.16. The van der Waals surface area contributed by atoms with Crippen molar-refractivity contribution >= 4 is 63.4 Å². The molecule has 0 radical (unpaired) electrons. The monoisotopic (exact) mass is 632 g/mol. The van der Waals surface area contributed by atoms with Gasteiger partial charge in [-0.05, 0) is 43.0 Å². The number of thiazole rings is 1. The van der Waals surface area contributed by atoms with Gasteiger partial charge >= 0.3 is 11.9 Å². The van der Waals surface area contributed by atoms with Crippen LogP contribution in [-0.4, -0.2) is 75.2 Å². The molecule has 1 saturated heterocycles. The van der Waals surface area contributed by atoms with E-state index in [1.807, 2.05) is 0 Å². The number of non-ortho nitro benzene ring substituents is 1. The maximum Gasteiger partial charge on any atom is 0.354 e. The van der Waals surface area contributed by atoms with Crippen LogP contribution in [0.3, 0.4) is 0 Å². The highest BCUT2D eigenvalue weighted by Crippen LogP contribution is 2.38. The number of ether oxygens (including phenoxy) is 2. The van der Waals surface area contributed by atoms with Crippen molar-refractivity contribution in [1.82, 2.24) is 15.2 Å². The molecule has 0 bridgehead atoms. The highest BCUT2D eigenvalue weighted by Gasteiger charge is 2.53. The summed E-state index contributed by atoms with van der Waals surface area (Å²) in [6.45, 7) is 0.118. The van der Waals surface area contributed by atoms with Gasteiger partial charge in [-0.25, -0.2) is 9.78 Å². The van der Waals surface area contributed by atoms with Crippen LogP contribution in [-0.2, 0) is 40.1 Å². The molecule has 1 fully saturated rings. The number of nitrogen functional groups attached to an aromatic ring is 1. The Hall–Kier alpha value is -4.51. The van der Waals surface area contributed by atoms with E-state index in [-0.39, 0.29) is 47.6 Å². The predicted octanol–water partition coefficient (Wildman–Crippen LogP) is 2.11. The SMILES string of the molecule is CON=C(C(=O)NC1C(=O)N2C(C(=O)OCCCCCC(=O)OCc3ccc([N+](=O)[O-])cc3)=CCS[C@H]12)c1csc(N)n1. The summed E-state index contributed by atoms with van der Waals surface area (Å²) in [5, 5.41) is 18.3. The second kappa shape index (κ2) is 14.6. The summed E-state index contributed by atoms with van der Waals surface area (Å²) in [7, 11) is 1.28. The predicted molar refractivity (Wildman–Crippen MR) is 155 cm³/mol. The molecular weight excluding hydrogens is 604 g/mol. The van der Waals surface area contributed by atoms with E-state index in [9.17, 15) is 29.3 Å². The van der Waals surface area contributed by atoms with E-state index in [2.05, 4.69) is 15.5 Å². The van der Waals surface area contributed by atoms with Crippen LogP contribution >= 0.6 is 23.1 Å². The van der Waals surface area contributed by atoms with Gasteiger partial charge in [0.05, 0.1) is 11.5 Å². The lowest BCUT2D eigenvalue weighted by molar-refractivity contribution is -0.384. The van der Waals surface area contributed by atoms with Crippen LogP contribution in [0.15, 0.2) is 46.6 Å². The van der Waals surface area contributed by atoms with Crippen molar-refractivity contribution in [2.24, 2.45) is 5.16 Å². The molecular formula is C26H28N6O9S2. The second-order valence-corrected chi connectivity index (χ2v) is 11.2. The molecule has 0 spiro atoms. The molecule has 1 aromatic heterocycles. The molecule has 3 N–H and O–H groups in total. The normalized spacial score (nSPS) is 17.7. The number of fused-ring (bicyclic) bond motifs is 1. The van der Waals surface area contributed by atoms with E-state index in [0.29, 0.717) is 30.6 Å². The van der Waals surface area contributed by atoms with Gasteiger partial charge < -0.3 is 25.4 Å². The van der Waals surface area contributed by atoms with Gasteiger partial charge in [-0.3, -0.25) is 29.4 Å². The number of nitrogens with two attached hydrogens (primary N) is 1. The molecule has 2 aromatic rings. The Morgan fingerprint density at radius 2 is 1.98 bits per heavy atom. The zero-order valence-electron chi connectivity index (χ0n) is 22.9. The summed E-state index contributed by atoms with van der Waals surface area (Å²) < 4.78 is 10.5. The fraction of sp³-hybridized carbons (Fsp3) is 0.385. The number of rotatable bonds is 14. The molecule has 2 atom stereocenters. The number of hydrogen-bond donors (Lipinski definition) is 2. The Kier molecular flexibility index (Phi) is 10.7. The Morgan fingerprint density at radius 3 is 2.65 bits per heavy atom. The van der Waals surface area contributed by atoms with E-state index in [0.717, 1.165) is 11.3 Å². The molecule has 228 valence electrons. The fourth-order valence-corrected chi connectivity index (χ4v) is 5.91. The van der Waals surface area contributed by atoms with Crippen molar-refractivity contribution in [2.75, 3.05) is 25.2 Å². The third-order valence-corrected chi connectivity index (χ3v) is 8.17. The largest absolute Gasteiger partial charge is 0.461 e. The Morgan fingerprint density at radius 1 is 1.21 bits per heavy atom. The van der Waals surface area contributed by atoms with Crippen LogP contribution in [0.4, 0.5) is 10.8 Å². The lowest BCUT2D eigenvalue weighted by Crippen LogP contribution is -2.70. The highest BCUT2D eigenvalue weighted by molar-refractivity contribution is 8.00. The standard InChI is InChI=1S/C26H28N6O9S2/c1-39-30-20(17-14-43-26(27)28-17)22(34)29-21-23(35)31-18(10-12-42-24(21)31)25(36)40-11-4-2-3-5-19(33)41-13-15-6-8-16(9-7-15)32(37)38/h6-10,14,21,24H,2-5,11-13H2,1H3,(H2,27,28)(H,29,34)/t21?,24-/m1/s1. The first-order chi connectivity index (χ1) is 20.7. The van der Waals surface area contributed by atoms with Crippen LogP contribution in [0.1, 0.15) is 36.9 Å². The molecule has 15 nitrogen and oxygen atoms in total. The van der Waals surface area contributed by atoms with E-state index in [1.165, 1.54) is 48.0 Å². The van der Waals surface area contributed by atoms with Crippen LogP contribution in [0.2, 0.25) is 0 Å². The molecule has 1 unspecified atom stereocenters. The number of aromatic nitrogens is 1. The first-order valence-electron chi connectivity index (χ1n) is 13.0. The lowest BCUT2D eigenvalue weighted by atomic mass is 10.0. The average molecular weight is 633 g/mol. The van der Waals surface area contributed by atoms with Crippen molar-refractivity contribution in [3.8, 4) is 0 Å². The van der Waals surface area contributed by atoms with Crippen molar-refractivity contribution in [1.29, 1.82) is 0 Å². The van der Waals surface area contributed by atoms with Gasteiger partial charge in [0.2, 0.25) is 0 Å². The van der Waals surface area contributed by atoms with Gasteiger partial charge in [0.1, 0.15) is 36.5 Å². The number of unbranched alkanes of at least 4 members (excludes halogenated alkanes) is 2. The third-order valence-electron chi connectivity index (χ3n) is 6.31. The van der Waals surface area contributed by atoms with Crippen molar-refractivity contribution in [3.05, 3.63) is 62.8 Å². The van der Waals surface area contributed by atoms with Gasteiger partial charge in [0.15, 0.2) is 10.8 Å². The number of carbonyl (C=O) groups is 4. The minimum Gasteiger partial charge on any atom is -0.461 e. The van der Waals surface area contributed by atoms with E-state index in [1.54, 1.807) is 11.5 Å². The molecule has 17 heteroatoms. The van der Waals surface area contributed by atoms with Gasteiger partial charge in [-0.2, -0.15) is 0 Å². The molecule has 4 rings (SSSR count). The topological polar surface area (TPSA) is 206 Å². The first-order valence-corrected chi connectivity index (χ1v) is 15.0. The minimum atomic E-state index is -0.882. The molecule has 0 saturated carbocycles. The third kappa shape index (κ3) is 7.86. The first kappa shape index (κ1) is 31.4. The number of carbonyl (C=O) groups excluding carboxylic acids is 4. The summed E-state index contributed by atoms with van der Waals surface area (Å²) in [4.78, 5) is 70.7. The van der Waals surface area contributed by atoms with Crippen LogP contribution in [0.25, 0.3) is 0 Å². The molecule has 2 aliphatic heterocycles. The van der Waals surface area contributed by atoms with Crippen LogP contribution in [0.5, 0.6) is 0 Å². The number of hydrogen-bond acceptors (Lipinski definition) is 14. The van der Waals surface area contributed by atoms with Crippen molar-refractivity contribution in [2.45, 2.75) is 43.7 Å². The lowest BCUT2D eigenvalue weighted by Gasteiger charge is -2.48. The fourth-order valence-electron chi connectivity index (χ4n) is 4.17. The zero-order chi connectivity index (χ0) is 30.9. The molecule has 3 heterocycles. The van der Waals surface area contributed by atoms with Gasteiger partial charge in [0, 0.05) is 29.7 Å². The number of nitro groups is 1. The number of amides is 2. The molecule has 0 aliphatic carbocycles. The number of esters is 2. The number of β-lactam (4-membered cyclic amide) rings is 1. The van der Waals surface area contributed by atoms with Gasteiger partial charge in [-0.1, -0.05) is 5.16 Å². The number of nitrogens with zero attached hydrogens (tertiary/aromatic N) is 4. The minimum absolute atomic E-state index is 0.0193. The van der Waals surface area contributed by atoms with E-state index >= 15 is 0 Å². The smallest absolute Gasteiger partial charge is 0.354 e. The summed E-state index contributed by atoms with van der Waals surface area (Å²) in [6, 6.07) is 4.86. The molecule has 1 aromatic carbocycles. The summed E-state index contributed by atoms with van der Waals surface area (Å²) in [6.07, 6.45) is 3.40. The quantitative estimate of drug-likeness (QED) is 0.0767. The second-order valence-electron chi connectivity index (χ2n) is 9.20. The number of nitro benzene ring substituents is 1. The van der Waals surface area contributed by atoms with Crippen LogP contribution < -0.4 is 11.1 Å². The van der Waals surface area contributed by atoms with Crippen molar-refractivity contribution in [3.63, 3.8) is 0 Å². The molecule has 2 amide bonds. The summed E-state index contributed by atoms with van der Waals surface area (Å²) >= 11 is 2.51. The number of nitrogens with one attached hydrogen (secondary N) is 1. The maximum atomic E-state index is 12.9. The highest BCUT2D eigenvalue weighted by atomic mass is 32.2. The van der Waals surface area contributed by atoms with Gasteiger partial charge in [0.25, 0.3) is 17.5 Å². The Labute approximate surface area is 253 Å². The molecule has 2 aliphatic rings.